The third-order valence-corrected chi connectivity index (χ3v) is 5.31. The number of aromatic carboxylic acids is 1. The second-order valence-corrected chi connectivity index (χ2v) is 7.64. The standard InChI is InChI=1S/C24H25N7O2.ClH/c1-2-3-4-9-21-25-15-20(24(32)33)22(27-21)26-14-16-10-12-17(13-11-16)18-7-5-6-8-19(18)23-28-30-31-29-23;/h5-8,10-13,15H,2-4,9,14H2,1H3,(H,32,33)(H,25,26,27)(H,28,29,30,31);1H. The van der Waals surface area contributed by atoms with Crippen molar-refractivity contribution in [2.24, 2.45) is 0 Å². The second kappa shape index (κ2) is 11.9. The van der Waals surface area contributed by atoms with Crippen LogP contribution < -0.4 is 5.32 Å². The van der Waals surface area contributed by atoms with Crippen molar-refractivity contribution in [1.29, 1.82) is 0 Å². The van der Waals surface area contributed by atoms with Gasteiger partial charge in [0.1, 0.15) is 17.2 Å². The molecule has 0 amide bonds. The van der Waals surface area contributed by atoms with E-state index in [-0.39, 0.29) is 18.0 Å². The highest BCUT2D eigenvalue weighted by molar-refractivity contribution is 5.92. The minimum absolute atomic E-state index is 0. The van der Waals surface area contributed by atoms with E-state index in [0.29, 0.717) is 24.0 Å². The molecule has 4 rings (SSSR count). The lowest BCUT2D eigenvalue weighted by atomic mass is 9.98. The summed E-state index contributed by atoms with van der Waals surface area (Å²) in [5.41, 5.74) is 3.97. The van der Waals surface area contributed by atoms with Crippen molar-refractivity contribution in [2.45, 2.75) is 39.2 Å². The van der Waals surface area contributed by atoms with Crippen LogP contribution in [0.2, 0.25) is 0 Å². The van der Waals surface area contributed by atoms with Gasteiger partial charge in [0.2, 0.25) is 5.82 Å². The number of carboxylic acid groups (broad SMARTS) is 1. The molecule has 0 radical (unpaired) electrons. The largest absolute Gasteiger partial charge is 0.477 e. The maximum atomic E-state index is 11.6. The number of aromatic amines is 1. The first-order valence-corrected chi connectivity index (χ1v) is 10.9. The number of tetrazole rings is 1. The normalized spacial score (nSPS) is 10.5. The van der Waals surface area contributed by atoms with E-state index >= 15 is 0 Å². The molecule has 9 nitrogen and oxygen atoms in total. The third kappa shape index (κ3) is 5.93. The summed E-state index contributed by atoms with van der Waals surface area (Å²) in [4.78, 5) is 20.3. The Morgan fingerprint density at radius 3 is 2.50 bits per heavy atom. The van der Waals surface area contributed by atoms with E-state index in [4.69, 9.17) is 0 Å². The number of rotatable bonds is 10. The molecular weight excluding hydrogens is 454 g/mol. The molecule has 0 aliphatic heterocycles. The van der Waals surface area contributed by atoms with Crippen LogP contribution in [-0.4, -0.2) is 41.7 Å². The fourth-order valence-corrected chi connectivity index (χ4v) is 3.56. The highest BCUT2D eigenvalue weighted by Gasteiger charge is 2.14. The molecule has 176 valence electrons. The van der Waals surface area contributed by atoms with Gasteiger partial charge >= 0.3 is 5.97 Å². The number of benzene rings is 2. The molecule has 0 unspecified atom stereocenters. The monoisotopic (exact) mass is 479 g/mol. The Kier molecular flexibility index (Phi) is 8.64. The van der Waals surface area contributed by atoms with Gasteiger partial charge in [0.15, 0.2) is 0 Å². The number of carboxylic acids is 1. The molecular formula is C24H26ClN7O2. The third-order valence-electron chi connectivity index (χ3n) is 5.31. The van der Waals surface area contributed by atoms with Crippen LogP contribution >= 0.6 is 12.4 Å². The Morgan fingerprint density at radius 2 is 1.82 bits per heavy atom. The van der Waals surface area contributed by atoms with Crippen molar-refractivity contribution in [3.05, 3.63) is 71.7 Å². The number of carbonyl (C=O) groups is 1. The average Bonchev–Trinajstić information content (AvgIpc) is 3.38. The Bertz CT molecular complexity index is 1210. The molecule has 34 heavy (non-hydrogen) atoms. The van der Waals surface area contributed by atoms with Gasteiger partial charge in [-0.05, 0) is 28.3 Å². The van der Waals surface area contributed by atoms with Gasteiger partial charge in [-0.1, -0.05) is 68.3 Å². The van der Waals surface area contributed by atoms with E-state index in [2.05, 4.69) is 42.8 Å². The van der Waals surface area contributed by atoms with Crippen LogP contribution in [-0.2, 0) is 13.0 Å². The zero-order chi connectivity index (χ0) is 23.0. The highest BCUT2D eigenvalue weighted by Crippen LogP contribution is 2.29. The predicted molar refractivity (Wildman–Crippen MR) is 132 cm³/mol. The molecule has 4 aromatic rings. The van der Waals surface area contributed by atoms with Gasteiger partial charge in [-0.2, -0.15) is 5.21 Å². The quantitative estimate of drug-likeness (QED) is 0.277. The van der Waals surface area contributed by atoms with Gasteiger partial charge in [-0.25, -0.2) is 14.8 Å². The number of anilines is 1. The van der Waals surface area contributed by atoms with Crippen molar-refractivity contribution in [3.63, 3.8) is 0 Å². The van der Waals surface area contributed by atoms with Crippen LogP contribution in [0.5, 0.6) is 0 Å². The molecule has 0 atom stereocenters. The molecule has 2 aromatic heterocycles. The summed E-state index contributed by atoms with van der Waals surface area (Å²) >= 11 is 0. The Hall–Kier alpha value is -3.85. The molecule has 0 saturated carbocycles. The summed E-state index contributed by atoms with van der Waals surface area (Å²) < 4.78 is 0. The number of nitrogens with one attached hydrogen (secondary N) is 2. The predicted octanol–water partition coefficient (Wildman–Crippen LogP) is 4.79. The van der Waals surface area contributed by atoms with Gasteiger partial charge in [0, 0.05) is 24.7 Å². The van der Waals surface area contributed by atoms with E-state index in [1.807, 2.05) is 48.5 Å². The summed E-state index contributed by atoms with van der Waals surface area (Å²) in [5.74, 6) is 0.488. The molecule has 10 heteroatoms. The Labute approximate surface area is 203 Å². The molecule has 2 aromatic carbocycles. The minimum Gasteiger partial charge on any atom is -0.477 e. The van der Waals surface area contributed by atoms with Crippen molar-refractivity contribution in [3.8, 4) is 22.5 Å². The summed E-state index contributed by atoms with van der Waals surface area (Å²) in [7, 11) is 0. The fourth-order valence-electron chi connectivity index (χ4n) is 3.56. The number of aryl methyl sites for hydroxylation is 1. The van der Waals surface area contributed by atoms with Crippen LogP contribution in [0.1, 0.15) is 47.9 Å². The fraction of sp³-hybridized carbons (Fsp3) is 0.250. The molecule has 0 saturated heterocycles. The lowest BCUT2D eigenvalue weighted by Crippen LogP contribution is -2.11. The average molecular weight is 480 g/mol. The smallest absolute Gasteiger partial charge is 0.341 e. The maximum absolute atomic E-state index is 11.6. The lowest BCUT2D eigenvalue weighted by molar-refractivity contribution is 0.0697. The van der Waals surface area contributed by atoms with Crippen molar-refractivity contribution >= 4 is 24.2 Å². The topological polar surface area (TPSA) is 130 Å². The van der Waals surface area contributed by atoms with Crippen molar-refractivity contribution in [1.82, 2.24) is 30.6 Å². The number of aromatic nitrogens is 6. The van der Waals surface area contributed by atoms with Gasteiger partial charge in [0.05, 0.1) is 0 Å². The van der Waals surface area contributed by atoms with E-state index in [1.165, 1.54) is 6.20 Å². The molecule has 0 bridgehead atoms. The van der Waals surface area contributed by atoms with Crippen molar-refractivity contribution < 1.29 is 9.90 Å². The van der Waals surface area contributed by atoms with Crippen LogP contribution in [0.25, 0.3) is 22.5 Å². The summed E-state index contributed by atoms with van der Waals surface area (Å²) in [6.45, 7) is 2.58. The zero-order valence-corrected chi connectivity index (χ0v) is 19.5. The minimum atomic E-state index is -1.05. The number of hydrogen-bond donors (Lipinski definition) is 3. The highest BCUT2D eigenvalue weighted by atomic mass is 35.5. The Balaban J connectivity index is 0.00000324. The summed E-state index contributed by atoms with van der Waals surface area (Å²) in [6, 6.07) is 15.9. The van der Waals surface area contributed by atoms with Gasteiger partial charge in [0.25, 0.3) is 0 Å². The van der Waals surface area contributed by atoms with Crippen molar-refractivity contribution in [2.75, 3.05) is 5.32 Å². The van der Waals surface area contributed by atoms with E-state index in [1.54, 1.807) is 0 Å². The molecule has 2 heterocycles. The van der Waals surface area contributed by atoms with E-state index in [9.17, 15) is 9.90 Å². The van der Waals surface area contributed by atoms with E-state index in [0.717, 1.165) is 47.9 Å². The molecule has 0 aliphatic carbocycles. The van der Waals surface area contributed by atoms with Crippen LogP contribution in [0.4, 0.5) is 5.82 Å². The van der Waals surface area contributed by atoms with Gasteiger partial charge in [-0.3, -0.25) is 0 Å². The zero-order valence-electron chi connectivity index (χ0n) is 18.7. The first-order chi connectivity index (χ1) is 16.2. The maximum Gasteiger partial charge on any atom is 0.341 e. The SMILES string of the molecule is CCCCCc1ncc(C(=O)O)c(NCc2ccc(-c3ccccc3-c3nn[nH]n3)cc2)n1.Cl. The van der Waals surface area contributed by atoms with E-state index < -0.39 is 5.97 Å². The summed E-state index contributed by atoms with van der Waals surface area (Å²) in [5, 5.41) is 27.0. The number of nitrogens with zero attached hydrogens (tertiary/aromatic N) is 5. The second-order valence-electron chi connectivity index (χ2n) is 7.64. The first-order valence-electron chi connectivity index (χ1n) is 10.9. The molecule has 0 spiro atoms. The summed E-state index contributed by atoms with van der Waals surface area (Å²) in [6.07, 6.45) is 5.30. The molecule has 0 aliphatic rings. The van der Waals surface area contributed by atoms with Crippen LogP contribution in [0, 0.1) is 0 Å². The lowest BCUT2D eigenvalue weighted by Gasteiger charge is -2.11. The molecule has 3 N–H and O–H groups in total. The van der Waals surface area contributed by atoms with Crippen LogP contribution in [0.3, 0.4) is 0 Å². The van der Waals surface area contributed by atoms with Gasteiger partial charge < -0.3 is 10.4 Å². The van der Waals surface area contributed by atoms with Gasteiger partial charge in [-0.15, -0.1) is 22.6 Å². The molecule has 0 fully saturated rings. The first kappa shape index (κ1) is 24.8. The number of hydrogen-bond acceptors (Lipinski definition) is 7. The van der Waals surface area contributed by atoms with Crippen LogP contribution in [0.15, 0.2) is 54.7 Å². The number of unbranched alkanes of at least 4 members (excludes halogenated alkanes) is 2. The number of halogens is 1. The Morgan fingerprint density at radius 1 is 1.06 bits per heavy atom. The number of H-pyrrole nitrogens is 1.